The number of hydrogen-bond donors (Lipinski definition) is 2. The maximum Gasteiger partial charge on any atom is 0.251 e. The minimum Gasteiger partial charge on any atom is -0.327 e. The first-order valence-corrected chi connectivity index (χ1v) is 6.40. The number of aromatic nitrogens is 4. The first kappa shape index (κ1) is 12.8. The van der Waals surface area contributed by atoms with Crippen LogP contribution in [0.25, 0.3) is 0 Å². The van der Waals surface area contributed by atoms with Crippen LogP contribution in [0.5, 0.6) is 0 Å². The molecule has 2 unspecified atom stereocenters. The Morgan fingerprint density at radius 1 is 1.56 bits per heavy atom. The lowest BCUT2D eigenvalue weighted by Crippen LogP contribution is -2.23. The van der Waals surface area contributed by atoms with Gasteiger partial charge in [-0.3, -0.25) is 9.48 Å². The van der Waals surface area contributed by atoms with Crippen molar-refractivity contribution in [2.45, 2.75) is 23.4 Å². The second-order valence-electron chi connectivity index (χ2n) is 4.08. The van der Waals surface area contributed by atoms with Crippen LogP contribution in [0.1, 0.15) is 17.7 Å². The van der Waals surface area contributed by atoms with Crippen molar-refractivity contribution in [2.75, 3.05) is 0 Å². The van der Waals surface area contributed by atoms with Crippen molar-refractivity contribution in [3.8, 4) is 0 Å². The molecular weight excluding hydrogens is 250 g/mol. The topological polar surface area (TPSA) is 89.6 Å². The summed E-state index contributed by atoms with van der Waals surface area (Å²) in [6.07, 6.45) is 5.19. The summed E-state index contributed by atoms with van der Waals surface area (Å²) in [6, 6.07) is 1.30. The van der Waals surface area contributed by atoms with Crippen LogP contribution in [-0.4, -0.2) is 25.8 Å². The van der Waals surface area contributed by atoms with E-state index in [1.165, 1.54) is 24.0 Å². The number of hydrogen-bond acceptors (Lipinski definition) is 5. The largest absolute Gasteiger partial charge is 0.327 e. The van der Waals surface area contributed by atoms with Crippen molar-refractivity contribution in [3.05, 3.63) is 40.6 Å². The van der Waals surface area contributed by atoms with Crippen molar-refractivity contribution in [1.82, 2.24) is 19.7 Å². The number of aromatic amines is 1. The predicted octanol–water partition coefficient (Wildman–Crippen LogP) is 0.684. The SMILES string of the molecule is CC(N)C(Sc1nccc(=O)[nH]1)c1cnn(C)c1. The van der Waals surface area contributed by atoms with Gasteiger partial charge in [-0.1, -0.05) is 11.8 Å². The highest BCUT2D eigenvalue weighted by Crippen LogP contribution is 2.34. The third kappa shape index (κ3) is 2.99. The molecule has 0 aliphatic carbocycles. The van der Waals surface area contributed by atoms with E-state index in [0.29, 0.717) is 5.16 Å². The summed E-state index contributed by atoms with van der Waals surface area (Å²) in [5.74, 6) is 0. The zero-order valence-corrected chi connectivity index (χ0v) is 11.0. The lowest BCUT2D eigenvalue weighted by molar-refractivity contribution is 0.714. The molecule has 6 nitrogen and oxygen atoms in total. The average Bonchev–Trinajstić information content (AvgIpc) is 2.72. The van der Waals surface area contributed by atoms with Crippen LogP contribution in [0.2, 0.25) is 0 Å². The van der Waals surface area contributed by atoms with E-state index in [1.54, 1.807) is 10.9 Å². The standard InChI is InChI=1S/C11H15N5OS/c1-7(12)10(8-5-14-16(2)6-8)18-11-13-4-3-9(17)15-11/h3-7,10H,12H2,1-2H3,(H,13,15,17). The van der Waals surface area contributed by atoms with Crippen molar-refractivity contribution in [1.29, 1.82) is 0 Å². The Balaban J connectivity index is 2.24. The Morgan fingerprint density at radius 2 is 2.33 bits per heavy atom. The number of nitrogens with two attached hydrogens (primary N) is 1. The van der Waals surface area contributed by atoms with Crippen LogP contribution >= 0.6 is 11.8 Å². The molecule has 18 heavy (non-hydrogen) atoms. The van der Waals surface area contributed by atoms with Gasteiger partial charge in [-0.25, -0.2) is 4.98 Å². The molecule has 0 aromatic carbocycles. The van der Waals surface area contributed by atoms with Gasteiger partial charge in [0.25, 0.3) is 5.56 Å². The maximum atomic E-state index is 11.2. The normalized spacial score (nSPS) is 14.4. The summed E-state index contributed by atoms with van der Waals surface area (Å²) in [5, 5.41) is 4.70. The molecule has 2 atom stereocenters. The Bertz CT molecular complexity index is 577. The van der Waals surface area contributed by atoms with E-state index in [4.69, 9.17) is 5.73 Å². The molecule has 2 rings (SSSR count). The second kappa shape index (κ2) is 5.36. The Hall–Kier alpha value is -1.60. The third-order valence-electron chi connectivity index (χ3n) is 2.42. The van der Waals surface area contributed by atoms with Gasteiger partial charge in [0.2, 0.25) is 0 Å². The molecule has 0 aliphatic rings. The number of rotatable bonds is 4. The number of aryl methyl sites for hydroxylation is 1. The molecule has 2 heterocycles. The third-order valence-corrected chi connectivity index (χ3v) is 3.80. The first-order chi connectivity index (χ1) is 8.56. The highest BCUT2D eigenvalue weighted by atomic mass is 32.2. The first-order valence-electron chi connectivity index (χ1n) is 5.52. The number of thioether (sulfide) groups is 1. The Kier molecular flexibility index (Phi) is 3.83. The summed E-state index contributed by atoms with van der Waals surface area (Å²) < 4.78 is 1.73. The monoisotopic (exact) mass is 265 g/mol. The zero-order valence-electron chi connectivity index (χ0n) is 10.2. The van der Waals surface area contributed by atoms with E-state index in [2.05, 4.69) is 15.1 Å². The van der Waals surface area contributed by atoms with Gasteiger partial charge in [0, 0.05) is 37.1 Å². The zero-order chi connectivity index (χ0) is 13.1. The average molecular weight is 265 g/mol. The molecule has 0 fully saturated rings. The fourth-order valence-corrected chi connectivity index (χ4v) is 2.59. The van der Waals surface area contributed by atoms with Gasteiger partial charge < -0.3 is 10.7 Å². The van der Waals surface area contributed by atoms with Crippen LogP contribution < -0.4 is 11.3 Å². The lowest BCUT2D eigenvalue weighted by Gasteiger charge is -2.17. The van der Waals surface area contributed by atoms with Crippen LogP contribution in [0.15, 0.2) is 34.6 Å². The van der Waals surface area contributed by atoms with E-state index in [0.717, 1.165) is 5.56 Å². The van der Waals surface area contributed by atoms with Crippen molar-refractivity contribution in [2.24, 2.45) is 12.8 Å². The van der Waals surface area contributed by atoms with Crippen molar-refractivity contribution >= 4 is 11.8 Å². The van der Waals surface area contributed by atoms with Gasteiger partial charge in [-0.2, -0.15) is 5.10 Å². The van der Waals surface area contributed by atoms with Gasteiger partial charge in [0.1, 0.15) is 0 Å². The number of nitrogens with one attached hydrogen (secondary N) is 1. The molecule has 0 saturated heterocycles. The molecule has 96 valence electrons. The fourth-order valence-electron chi connectivity index (χ4n) is 1.60. The molecule has 2 aromatic heterocycles. The highest BCUT2D eigenvalue weighted by molar-refractivity contribution is 7.99. The van der Waals surface area contributed by atoms with Gasteiger partial charge in [-0.05, 0) is 6.92 Å². The van der Waals surface area contributed by atoms with Gasteiger partial charge >= 0.3 is 0 Å². The minimum atomic E-state index is -0.165. The molecule has 2 aromatic rings. The second-order valence-corrected chi connectivity index (χ2v) is 5.21. The minimum absolute atomic E-state index is 0.00394. The summed E-state index contributed by atoms with van der Waals surface area (Å²) >= 11 is 1.43. The summed E-state index contributed by atoms with van der Waals surface area (Å²) in [6.45, 7) is 1.92. The maximum absolute atomic E-state index is 11.2. The predicted molar refractivity (Wildman–Crippen MR) is 70.3 cm³/mol. The van der Waals surface area contributed by atoms with Crippen molar-refractivity contribution < 1.29 is 0 Å². The Morgan fingerprint density at radius 3 is 2.89 bits per heavy atom. The van der Waals surface area contributed by atoms with Gasteiger partial charge in [0.05, 0.1) is 11.4 Å². The Labute approximate surface area is 109 Å². The molecular formula is C11H15N5OS. The highest BCUT2D eigenvalue weighted by Gasteiger charge is 2.20. The van der Waals surface area contributed by atoms with E-state index in [-0.39, 0.29) is 16.9 Å². The van der Waals surface area contributed by atoms with Gasteiger partial charge in [0.15, 0.2) is 5.16 Å². The molecule has 3 N–H and O–H groups in total. The molecule has 0 spiro atoms. The molecule has 0 aliphatic heterocycles. The molecule has 0 bridgehead atoms. The van der Waals surface area contributed by atoms with E-state index < -0.39 is 0 Å². The lowest BCUT2D eigenvalue weighted by atomic mass is 10.1. The molecule has 7 heteroatoms. The van der Waals surface area contributed by atoms with E-state index >= 15 is 0 Å². The summed E-state index contributed by atoms with van der Waals surface area (Å²) in [5.41, 5.74) is 6.84. The number of nitrogens with zero attached hydrogens (tertiary/aromatic N) is 3. The van der Waals surface area contributed by atoms with E-state index in [1.807, 2.05) is 20.2 Å². The van der Waals surface area contributed by atoms with Gasteiger partial charge in [-0.15, -0.1) is 0 Å². The summed E-state index contributed by atoms with van der Waals surface area (Å²) in [4.78, 5) is 18.0. The van der Waals surface area contributed by atoms with Crippen LogP contribution in [0.3, 0.4) is 0 Å². The molecule has 0 radical (unpaired) electrons. The molecule has 0 saturated carbocycles. The smallest absolute Gasteiger partial charge is 0.251 e. The van der Waals surface area contributed by atoms with Crippen molar-refractivity contribution in [3.63, 3.8) is 0 Å². The number of H-pyrrole nitrogens is 1. The fraction of sp³-hybridized carbons (Fsp3) is 0.364. The molecule has 0 amide bonds. The van der Waals surface area contributed by atoms with Crippen LogP contribution in [0.4, 0.5) is 0 Å². The van der Waals surface area contributed by atoms with E-state index in [9.17, 15) is 4.79 Å². The summed E-state index contributed by atoms with van der Waals surface area (Å²) in [7, 11) is 1.86. The quantitative estimate of drug-likeness (QED) is 0.627. The van der Waals surface area contributed by atoms with Crippen LogP contribution in [0, 0.1) is 0 Å². The van der Waals surface area contributed by atoms with Crippen LogP contribution in [-0.2, 0) is 7.05 Å².